The first-order valence-corrected chi connectivity index (χ1v) is 5.91. The number of amides is 3. The molecular weight excluding hydrogens is 244 g/mol. The highest BCUT2D eigenvalue weighted by Crippen LogP contribution is 2.26. The molecule has 1 aliphatic rings. The zero-order valence-electron chi connectivity index (χ0n) is 10.1. The van der Waals surface area contributed by atoms with Gasteiger partial charge < -0.3 is 5.73 Å². The predicted molar refractivity (Wildman–Crippen MR) is 71.7 cm³/mol. The number of nitrogens with one attached hydrogen (secondary N) is 1. The molecule has 2 heterocycles. The lowest BCUT2D eigenvalue weighted by Crippen LogP contribution is -2.50. The number of carbonyl (C=O) groups excluding carboxylic acids is 2. The molecule has 0 aliphatic carbocycles. The van der Waals surface area contributed by atoms with Crippen molar-refractivity contribution in [3.63, 3.8) is 0 Å². The molecule has 1 saturated heterocycles. The van der Waals surface area contributed by atoms with E-state index in [1.54, 1.807) is 12.3 Å². The number of hydrogen-bond acceptors (Lipinski definition) is 4. The molecule has 96 valence electrons. The molecule has 0 atom stereocenters. The van der Waals surface area contributed by atoms with Crippen LogP contribution in [0.1, 0.15) is 6.42 Å². The zero-order valence-corrected chi connectivity index (χ0v) is 10.1. The summed E-state index contributed by atoms with van der Waals surface area (Å²) >= 11 is 0. The van der Waals surface area contributed by atoms with Crippen LogP contribution in [0.15, 0.2) is 30.5 Å². The van der Waals surface area contributed by atoms with Gasteiger partial charge in [0.1, 0.15) is 5.82 Å². The Kier molecular flexibility index (Phi) is 2.56. The average Bonchev–Trinajstić information content (AvgIpc) is 2.38. The summed E-state index contributed by atoms with van der Waals surface area (Å²) in [5.74, 6) is 0.285. The van der Waals surface area contributed by atoms with Gasteiger partial charge in [-0.3, -0.25) is 15.0 Å². The first-order valence-electron chi connectivity index (χ1n) is 5.91. The number of urea groups is 1. The minimum atomic E-state index is -0.437. The van der Waals surface area contributed by atoms with Crippen molar-refractivity contribution >= 4 is 34.2 Å². The molecule has 1 fully saturated rings. The zero-order chi connectivity index (χ0) is 13.4. The van der Waals surface area contributed by atoms with Gasteiger partial charge in [-0.25, -0.2) is 9.78 Å². The molecule has 3 rings (SSSR count). The quantitative estimate of drug-likeness (QED) is 0.752. The topological polar surface area (TPSA) is 88.3 Å². The Morgan fingerprint density at radius 2 is 2.11 bits per heavy atom. The summed E-state index contributed by atoms with van der Waals surface area (Å²) in [5, 5.41) is 4.03. The van der Waals surface area contributed by atoms with E-state index in [0.29, 0.717) is 18.1 Å². The highest BCUT2D eigenvalue weighted by molar-refractivity contribution is 6.09. The van der Waals surface area contributed by atoms with E-state index in [1.165, 1.54) is 4.90 Å². The van der Waals surface area contributed by atoms with Gasteiger partial charge >= 0.3 is 6.03 Å². The van der Waals surface area contributed by atoms with Gasteiger partial charge in [0.25, 0.3) is 0 Å². The second kappa shape index (κ2) is 4.24. The number of carbonyl (C=O) groups is 2. The van der Waals surface area contributed by atoms with Crippen molar-refractivity contribution < 1.29 is 9.59 Å². The summed E-state index contributed by atoms with van der Waals surface area (Å²) in [7, 11) is 0. The fraction of sp³-hybridized carbons (Fsp3) is 0.154. The summed E-state index contributed by atoms with van der Waals surface area (Å²) in [4.78, 5) is 28.7. The van der Waals surface area contributed by atoms with Gasteiger partial charge in [-0.2, -0.15) is 0 Å². The number of rotatable bonds is 1. The Morgan fingerprint density at radius 1 is 1.26 bits per heavy atom. The van der Waals surface area contributed by atoms with E-state index in [4.69, 9.17) is 5.73 Å². The van der Waals surface area contributed by atoms with E-state index in [9.17, 15) is 9.59 Å². The maximum Gasteiger partial charge on any atom is 0.329 e. The maximum atomic E-state index is 11.8. The van der Waals surface area contributed by atoms with E-state index in [1.807, 2.05) is 18.2 Å². The van der Waals surface area contributed by atoms with Crippen LogP contribution in [0, 0.1) is 0 Å². The van der Waals surface area contributed by atoms with Crippen LogP contribution in [0.5, 0.6) is 0 Å². The predicted octanol–water partition coefficient (Wildman–Crippen LogP) is 1.26. The smallest absolute Gasteiger partial charge is 0.329 e. The molecule has 6 heteroatoms. The molecule has 0 unspecified atom stereocenters. The van der Waals surface area contributed by atoms with Gasteiger partial charge in [0.05, 0.1) is 0 Å². The number of nitrogens with zero attached hydrogens (tertiary/aromatic N) is 2. The molecule has 0 radical (unpaired) electrons. The monoisotopic (exact) mass is 256 g/mol. The Bertz CT molecular complexity index is 683. The average molecular weight is 256 g/mol. The van der Waals surface area contributed by atoms with Crippen molar-refractivity contribution in [3.8, 4) is 0 Å². The number of hydrogen-bond donors (Lipinski definition) is 2. The van der Waals surface area contributed by atoms with E-state index in [2.05, 4.69) is 10.3 Å². The van der Waals surface area contributed by atoms with Gasteiger partial charge in [0.15, 0.2) is 0 Å². The SMILES string of the molecule is Nc1ccc2c(N3CCC(=O)NC3=O)nccc2c1. The Hall–Kier alpha value is -2.63. The molecule has 1 aromatic heterocycles. The highest BCUT2D eigenvalue weighted by atomic mass is 16.2. The summed E-state index contributed by atoms with van der Waals surface area (Å²) < 4.78 is 0. The molecule has 1 aromatic carbocycles. The third-order valence-electron chi connectivity index (χ3n) is 3.08. The molecule has 1 aliphatic heterocycles. The van der Waals surface area contributed by atoms with Crippen LogP contribution in [-0.2, 0) is 4.79 Å². The minimum absolute atomic E-state index is 0.259. The number of pyridine rings is 1. The molecule has 2 aromatic rings. The first-order chi connectivity index (χ1) is 9.15. The van der Waals surface area contributed by atoms with Crippen molar-refractivity contribution in [1.82, 2.24) is 10.3 Å². The van der Waals surface area contributed by atoms with Crippen LogP contribution in [0.4, 0.5) is 16.3 Å². The molecule has 0 bridgehead atoms. The fourth-order valence-corrected chi connectivity index (χ4v) is 2.16. The lowest BCUT2D eigenvalue weighted by atomic mass is 10.1. The Labute approximate surface area is 109 Å². The summed E-state index contributed by atoms with van der Waals surface area (Å²) in [6, 6.07) is 6.82. The van der Waals surface area contributed by atoms with Crippen LogP contribution in [-0.4, -0.2) is 23.5 Å². The van der Waals surface area contributed by atoms with Crippen LogP contribution in [0.25, 0.3) is 10.8 Å². The van der Waals surface area contributed by atoms with Crippen molar-refractivity contribution in [2.24, 2.45) is 0 Å². The van der Waals surface area contributed by atoms with Gasteiger partial charge in [0.2, 0.25) is 5.91 Å². The van der Waals surface area contributed by atoms with E-state index < -0.39 is 6.03 Å². The van der Waals surface area contributed by atoms with Crippen LogP contribution in [0.3, 0.4) is 0 Å². The highest BCUT2D eigenvalue weighted by Gasteiger charge is 2.26. The first kappa shape index (κ1) is 11.5. The van der Waals surface area contributed by atoms with E-state index >= 15 is 0 Å². The number of nitrogen functional groups attached to an aromatic ring is 1. The van der Waals surface area contributed by atoms with Crippen LogP contribution < -0.4 is 16.0 Å². The minimum Gasteiger partial charge on any atom is -0.399 e. The van der Waals surface area contributed by atoms with Crippen LogP contribution >= 0.6 is 0 Å². The maximum absolute atomic E-state index is 11.8. The number of anilines is 2. The summed E-state index contributed by atoms with van der Waals surface area (Å²) in [5.41, 5.74) is 6.40. The van der Waals surface area contributed by atoms with Gasteiger partial charge in [-0.1, -0.05) is 0 Å². The normalized spacial score (nSPS) is 15.7. The second-order valence-electron chi connectivity index (χ2n) is 4.37. The molecule has 0 saturated carbocycles. The lowest BCUT2D eigenvalue weighted by molar-refractivity contribution is -0.120. The molecule has 19 heavy (non-hydrogen) atoms. The van der Waals surface area contributed by atoms with E-state index in [-0.39, 0.29) is 12.3 Å². The van der Waals surface area contributed by atoms with E-state index in [0.717, 1.165) is 10.8 Å². The largest absolute Gasteiger partial charge is 0.399 e. The van der Waals surface area contributed by atoms with Crippen molar-refractivity contribution in [1.29, 1.82) is 0 Å². The molecule has 3 N–H and O–H groups in total. The molecular formula is C13H12N4O2. The fourth-order valence-electron chi connectivity index (χ4n) is 2.16. The lowest BCUT2D eigenvalue weighted by Gasteiger charge is -2.26. The van der Waals surface area contributed by atoms with Crippen molar-refractivity contribution in [2.75, 3.05) is 17.2 Å². The summed E-state index contributed by atoms with van der Waals surface area (Å²) in [6.45, 7) is 0.334. The van der Waals surface area contributed by atoms with Gasteiger partial charge in [-0.15, -0.1) is 0 Å². The number of imide groups is 1. The number of aromatic nitrogens is 1. The van der Waals surface area contributed by atoms with Gasteiger partial charge in [0, 0.05) is 30.2 Å². The standard InChI is InChI=1S/C13H12N4O2/c14-9-1-2-10-8(7-9)3-5-15-12(10)17-6-4-11(18)16-13(17)19/h1-3,5,7H,4,6,14H2,(H,16,18,19). The Balaban J connectivity index is 2.10. The van der Waals surface area contributed by atoms with Crippen molar-refractivity contribution in [3.05, 3.63) is 30.5 Å². The summed E-state index contributed by atoms with van der Waals surface area (Å²) in [6.07, 6.45) is 1.90. The third-order valence-corrected chi connectivity index (χ3v) is 3.08. The van der Waals surface area contributed by atoms with Gasteiger partial charge in [-0.05, 0) is 29.7 Å². The molecule has 6 nitrogen and oxygen atoms in total. The van der Waals surface area contributed by atoms with Crippen molar-refractivity contribution in [2.45, 2.75) is 6.42 Å². The third kappa shape index (κ3) is 1.97. The van der Waals surface area contributed by atoms with Crippen LogP contribution in [0.2, 0.25) is 0 Å². The Morgan fingerprint density at radius 3 is 2.89 bits per heavy atom. The molecule has 3 amide bonds. The number of nitrogens with two attached hydrogens (primary N) is 1. The number of fused-ring (bicyclic) bond motifs is 1. The second-order valence-corrected chi connectivity index (χ2v) is 4.37. The molecule has 0 spiro atoms. The number of benzene rings is 1.